The number of halogens is 2. The molecular formula is C22H20BrClN2O2S2. The van der Waals surface area contributed by atoms with Crippen LogP contribution in [0.3, 0.4) is 0 Å². The predicted molar refractivity (Wildman–Crippen MR) is 133 cm³/mol. The van der Waals surface area contributed by atoms with Gasteiger partial charge in [0.05, 0.1) is 10.6 Å². The predicted octanol–water partition coefficient (Wildman–Crippen LogP) is 6.50. The highest BCUT2D eigenvalue weighted by Gasteiger charge is 2.31. The van der Waals surface area contributed by atoms with Gasteiger partial charge in [-0.2, -0.15) is 0 Å². The van der Waals surface area contributed by atoms with Gasteiger partial charge in [0, 0.05) is 22.5 Å². The Labute approximate surface area is 199 Å². The Kier molecular flexibility index (Phi) is 8.50. The zero-order valence-corrected chi connectivity index (χ0v) is 20.0. The first-order valence-corrected chi connectivity index (χ1v) is 11.9. The molecule has 4 nitrogen and oxygen atoms in total. The lowest BCUT2D eigenvalue weighted by molar-refractivity contribution is -0.122. The van der Waals surface area contributed by atoms with Crippen molar-refractivity contribution in [2.24, 2.45) is 0 Å². The van der Waals surface area contributed by atoms with Gasteiger partial charge in [0.15, 0.2) is 0 Å². The Hall–Kier alpha value is -1.67. The summed E-state index contributed by atoms with van der Waals surface area (Å²) in [5.74, 6) is -0.0787. The van der Waals surface area contributed by atoms with E-state index < -0.39 is 0 Å². The quantitative estimate of drug-likeness (QED) is 0.244. The van der Waals surface area contributed by atoms with E-state index in [-0.39, 0.29) is 11.8 Å². The van der Waals surface area contributed by atoms with E-state index in [1.165, 1.54) is 11.8 Å². The van der Waals surface area contributed by atoms with Crippen LogP contribution in [0.1, 0.15) is 31.2 Å². The molecule has 0 atom stereocenters. The van der Waals surface area contributed by atoms with Crippen molar-refractivity contribution in [3.63, 3.8) is 0 Å². The molecule has 1 heterocycles. The third-order valence-corrected chi connectivity index (χ3v) is 6.80. The van der Waals surface area contributed by atoms with Gasteiger partial charge in [-0.15, -0.1) is 0 Å². The summed E-state index contributed by atoms with van der Waals surface area (Å²) in [6.45, 7) is 0.564. The van der Waals surface area contributed by atoms with Crippen molar-refractivity contribution in [3.8, 4) is 0 Å². The van der Waals surface area contributed by atoms with Crippen LogP contribution in [0.2, 0.25) is 5.02 Å². The van der Waals surface area contributed by atoms with Crippen molar-refractivity contribution in [3.05, 3.63) is 68.5 Å². The first-order valence-electron chi connectivity index (χ1n) is 9.49. The summed E-state index contributed by atoms with van der Waals surface area (Å²) in [7, 11) is 0. The van der Waals surface area contributed by atoms with Gasteiger partial charge in [-0.05, 0) is 64.7 Å². The number of nitrogens with one attached hydrogen (secondary N) is 1. The molecule has 0 aliphatic carbocycles. The van der Waals surface area contributed by atoms with Crippen molar-refractivity contribution in [2.45, 2.75) is 25.7 Å². The van der Waals surface area contributed by atoms with Crippen LogP contribution in [-0.2, 0) is 9.59 Å². The summed E-state index contributed by atoms with van der Waals surface area (Å²) in [5.41, 5.74) is 1.68. The molecule has 0 radical (unpaired) electrons. The SMILES string of the molecule is O=C(CCCCCN1C(=O)C(=Cc2ccc(Cl)cc2)SC1=S)Nc1ccccc1Br. The van der Waals surface area contributed by atoms with Gasteiger partial charge >= 0.3 is 0 Å². The molecule has 156 valence electrons. The standard InChI is InChI=1S/C22H20BrClN2O2S2/c23-17-6-3-4-7-18(17)25-20(27)8-2-1-5-13-26-21(28)19(30-22(26)29)14-15-9-11-16(24)12-10-15/h3-4,6-7,9-12,14H,1-2,5,8,13H2,(H,25,27). The van der Waals surface area contributed by atoms with E-state index in [0.717, 1.165) is 35.0 Å². The number of nitrogens with zero attached hydrogens (tertiary/aromatic N) is 1. The zero-order chi connectivity index (χ0) is 21.5. The minimum absolute atomic E-state index is 0.0154. The van der Waals surface area contributed by atoms with Crippen LogP contribution in [0.4, 0.5) is 5.69 Å². The maximum Gasteiger partial charge on any atom is 0.266 e. The van der Waals surface area contributed by atoms with E-state index in [0.29, 0.717) is 27.2 Å². The third-order valence-electron chi connectivity index (χ3n) is 4.47. The van der Waals surface area contributed by atoms with E-state index in [1.807, 2.05) is 42.5 Å². The highest BCUT2D eigenvalue weighted by molar-refractivity contribution is 9.10. The molecule has 30 heavy (non-hydrogen) atoms. The van der Waals surface area contributed by atoms with Crippen molar-refractivity contribution >= 4 is 79.4 Å². The Morgan fingerprint density at radius 3 is 2.60 bits per heavy atom. The lowest BCUT2D eigenvalue weighted by atomic mass is 10.1. The Bertz CT molecular complexity index is 979. The second kappa shape index (κ2) is 11.1. The number of benzene rings is 2. The average molecular weight is 524 g/mol. The Balaban J connectivity index is 1.42. The minimum atomic E-state index is -0.0633. The smallest absolute Gasteiger partial charge is 0.266 e. The largest absolute Gasteiger partial charge is 0.325 e. The van der Waals surface area contributed by atoms with Crippen LogP contribution in [-0.4, -0.2) is 27.6 Å². The minimum Gasteiger partial charge on any atom is -0.325 e. The van der Waals surface area contributed by atoms with Crippen LogP contribution < -0.4 is 5.32 Å². The van der Waals surface area contributed by atoms with Crippen molar-refractivity contribution in [1.29, 1.82) is 0 Å². The Morgan fingerprint density at radius 2 is 1.87 bits per heavy atom. The van der Waals surface area contributed by atoms with Gasteiger partial charge < -0.3 is 5.32 Å². The molecule has 3 rings (SSSR count). The van der Waals surface area contributed by atoms with Gasteiger partial charge in [0.25, 0.3) is 5.91 Å². The fraction of sp³-hybridized carbons (Fsp3) is 0.227. The molecule has 1 N–H and O–H groups in total. The van der Waals surface area contributed by atoms with E-state index >= 15 is 0 Å². The molecule has 2 aromatic carbocycles. The summed E-state index contributed by atoms with van der Waals surface area (Å²) < 4.78 is 1.44. The molecule has 0 spiro atoms. The monoisotopic (exact) mass is 522 g/mol. The zero-order valence-electron chi connectivity index (χ0n) is 16.1. The van der Waals surface area contributed by atoms with Crippen LogP contribution in [0.25, 0.3) is 6.08 Å². The number of thiocarbonyl (C=S) groups is 1. The second-order valence-corrected chi connectivity index (χ2v) is 9.69. The normalized spacial score (nSPS) is 15.1. The molecular weight excluding hydrogens is 504 g/mol. The van der Waals surface area contributed by atoms with Crippen molar-refractivity contribution < 1.29 is 9.59 Å². The van der Waals surface area contributed by atoms with Gasteiger partial charge in [-0.25, -0.2) is 0 Å². The number of thioether (sulfide) groups is 1. The van der Waals surface area contributed by atoms with Gasteiger partial charge in [0.2, 0.25) is 5.91 Å². The summed E-state index contributed by atoms with van der Waals surface area (Å²) >= 11 is 16.0. The molecule has 0 unspecified atom stereocenters. The van der Waals surface area contributed by atoms with E-state index in [1.54, 1.807) is 17.0 Å². The molecule has 0 bridgehead atoms. The number of carbonyl (C=O) groups is 2. The third kappa shape index (κ3) is 6.41. The highest BCUT2D eigenvalue weighted by Crippen LogP contribution is 2.33. The summed E-state index contributed by atoms with van der Waals surface area (Å²) in [5, 5.41) is 3.56. The molecule has 1 aliphatic rings. The number of hydrogen-bond donors (Lipinski definition) is 1. The molecule has 2 aromatic rings. The molecule has 2 amide bonds. The number of amides is 2. The maximum absolute atomic E-state index is 12.6. The average Bonchev–Trinajstić information content (AvgIpc) is 2.98. The van der Waals surface area contributed by atoms with Crippen LogP contribution in [0, 0.1) is 0 Å². The van der Waals surface area contributed by atoms with Crippen LogP contribution in [0.5, 0.6) is 0 Å². The fourth-order valence-electron chi connectivity index (χ4n) is 2.91. The number of carbonyl (C=O) groups excluding carboxylic acids is 2. The lowest BCUT2D eigenvalue weighted by Crippen LogP contribution is -2.29. The van der Waals surface area contributed by atoms with Gasteiger partial charge in [-0.1, -0.05) is 66.3 Å². The summed E-state index contributed by atoms with van der Waals surface area (Å²) in [4.78, 5) is 27.0. The van der Waals surface area contributed by atoms with Crippen molar-refractivity contribution in [2.75, 3.05) is 11.9 Å². The van der Waals surface area contributed by atoms with Gasteiger partial charge in [0.1, 0.15) is 4.32 Å². The first-order chi connectivity index (χ1) is 14.4. The molecule has 1 aliphatic heterocycles. The number of rotatable bonds is 8. The first kappa shape index (κ1) is 23.0. The topological polar surface area (TPSA) is 49.4 Å². The van der Waals surface area contributed by atoms with E-state index in [4.69, 9.17) is 23.8 Å². The molecule has 1 saturated heterocycles. The Morgan fingerprint density at radius 1 is 1.13 bits per heavy atom. The maximum atomic E-state index is 12.6. The molecule has 0 saturated carbocycles. The second-order valence-electron chi connectivity index (χ2n) is 6.72. The molecule has 0 aromatic heterocycles. The summed E-state index contributed by atoms with van der Waals surface area (Å²) in [6.07, 6.45) is 4.67. The highest BCUT2D eigenvalue weighted by atomic mass is 79.9. The van der Waals surface area contributed by atoms with Gasteiger partial charge in [-0.3, -0.25) is 14.5 Å². The van der Waals surface area contributed by atoms with Crippen LogP contribution >= 0.6 is 51.5 Å². The molecule has 1 fully saturated rings. The lowest BCUT2D eigenvalue weighted by Gasteiger charge is -2.14. The summed E-state index contributed by atoms with van der Waals surface area (Å²) in [6, 6.07) is 14.8. The number of anilines is 1. The molecule has 8 heteroatoms. The fourth-order valence-corrected chi connectivity index (χ4v) is 4.73. The number of hydrogen-bond acceptors (Lipinski definition) is 4. The van der Waals surface area contributed by atoms with Crippen LogP contribution in [0.15, 0.2) is 57.9 Å². The van der Waals surface area contributed by atoms with Crippen molar-refractivity contribution in [1.82, 2.24) is 4.90 Å². The number of para-hydroxylation sites is 1. The number of unbranched alkanes of at least 4 members (excludes halogenated alkanes) is 2. The van der Waals surface area contributed by atoms with E-state index in [2.05, 4.69) is 21.2 Å². The van der Waals surface area contributed by atoms with E-state index in [9.17, 15) is 9.59 Å².